The van der Waals surface area contributed by atoms with Crippen LogP contribution in [0.1, 0.15) is 29.9 Å². The van der Waals surface area contributed by atoms with E-state index in [1.165, 1.54) is 0 Å². The maximum Gasteiger partial charge on any atom is 0.254 e. The van der Waals surface area contributed by atoms with E-state index in [4.69, 9.17) is 9.47 Å². The third-order valence-corrected chi connectivity index (χ3v) is 4.93. The number of aryl methyl sites for hydroxylation is 1. The molecule has 0 unspecified atom stereocenters. The number of nitrogens with zero attached hydrogens (tertiary/aromatic N) is 5. The minimum Gasteiger partial charge on any atom is -0.490 e. The highest BCUT2D eigenvalue weighted by Gasteiger charge is 2.25. The summed E-state index contributed by atoms with van der Waals surface area (Å²) in [6.07, 6.45) is 0. The molecule has 0 atom stereocenters. The van der Waals surface area contributed by atoms with Crippen molar-refractivity contribution in [3.8, 4) is 11.5 Å². The van der Waals surface area contributed by atoms with Crippen LogP contribution in [0.15, 0.2) is 24.3 Å². The second-order valence-corrected chi connectivity index (χ2v) is 7.37. The number of carbonyl (C=O) groups is 1. The summed E-state index contributed by atoms with van der Waals surface area (Å²) in [5.41, 5.74) is 1.54. The largest absolute Gasteiger partial charge is 0.490 e. The van der Waals surface area contributed by atoms with E-state index in [9.17, 15) is 4.79 Å². The summed E-state index contributed by atoms with van der Waals surface area (Å²) >= 11 is 0. The third kappa shape index (κ3) is 4.93. The molecule has 3 rings (SSSR count). The molecule has 1 aromatic carbocycles. The van der Waals surface area contributed by atoms with Crippen LogP contribution in [-0.2, 0) is 0 Å². The Labute approximate surface area is 178 Å². The number of rotatable bonds is 7. The Morgan fingerprint density at radius 2 is 1.67 bits per heavy atom. The lowest BCUT2D eigenvalue weighted by atomic mass is 10.1. The first-order valence-electron chi connectivity index (χ1n) is 10.4. The van der Waals surface area contributed by atoms with Gasteiger partial charge in [-0.3, -0.25) is 4.79 Å². The summed E-state index contributed by atoms with van der Waals surface area (Å²) in [7, 11) is 3.94. The van der Waals surface area contributed by atoms with Gasteiger partial charge < -0.3 is 24.2 Å². The number of benzene rings is 1. The molecule has 1 aliphatic heterocycles. The molecule has 30 heavy (non-hydrogen) atoms. The van der Waals surface area contributed by atoms with Gasteiger partial charge in [-0.2, -0.15) is 4.98 Å². The molecule has 1 fully saturated rings. The van der Waals surface area contributed by atoms with Crippen LogP contribution in [0.25, 0.3) is 0 Å². The van der Waals surface area contributed by atoms with E-state index >= 15 is 0 Å². The fourth-order valence-electron chi connectivity index (χ4n) is 3.38. The smallest absolute Gasteiger partial charge is 0.254 e. The molecule has 0 N–H and O–H groups in total. The molecule has 162 valence electrons. The number of amides is 1. The number of anilines is 2. The van der Waals surface area contributed by atoms with Gasteiger partial charge in [-0.1, -0.05) is 0 Å². The molecule has 2 heterocycles. The van der Waals surface area contributed by atoms with E-state index in [1.54, 1.807) is 18.2 Å². The maximum absolute atomic E-state index is 13.0. The Kier molecular flexibility index (Phi) is 6.97. The lowest BCUT2D eigenvalue weighted by Gasteiger charge is -2.35. The van der Waals surface area contributed by atoms with E-state index < -0.39 is 0 Å². The van der Waals surface area contributed by atoms with Gasteiger partial charge in [-0.05, 0) is 39.0 Å². The zero-order valence-corrected chi connectivity index (χ0v) is 18.5. The number of hydrogen-bond donors (Lipinski definition) is 0. The Morgan fingerprint density at radius 3 is 2.30 bits per heavy atom. The monoisotopic (exact) mass is 413 g/mol. The van der Waals surface area contributed by atoms with Crippen LogP contribution in [0.3, 0.4) is 0 Å². The highest BCUT2D eigenvalue weighted by molar-refractivity contribution is 5.95. The van der Waals surface area contributed by atoms with E-state index in [0.29, 0.717) is 62.4 Å². The van der Waals surface area contributed by atoms with Crippen LogP contribution in [0.2, 0.25) is 0 Å². The van der Waals surface area contributed by atoms with Gasteiger partial charge in [0.05, 0.1) is 13.2 Å². The van der Waals surface area contributed by atoms with Crippen molar-refractivity contribution in [2.75, 3.05) is 63.3 Å². The zero-order valence-electron chi connectivity index (χ0n) is 18.5. The predicted octanol–water partition coefficient (Wildman–Crippen LogP) is 2.61. The van der Waals surface area contributed by atoms with Gasteiger partial charge in [0.25, 0.3) is 5.91 Å². The topological polar surface area (TPSA) is 71.0 Å². The highest BCUT2D eigenvalue weighted by atomic mass is 16.5. The molecule has 0 aliphatic carbocycles. The van der Waals surface area contributed by atoms with Crippen molar-refractivity contribution in [3.63, 3.8) is 0 Å². The Hall–Kier alpha value is -3.03. The Balaban J connectivity index is 1.69. The molecule has 8 nitrogen and oxygen atoms in total. The van der Waals surface area contributed by atoms with Crippen molar-refractivity contribution in [2.45, 2.75) is 20.8 Å². The quantitative estimate of drug-likeness (QED) is 0.691. The zero-order chi connectivity index (χ0) is 21.7. The second kappa shape index (κ2) is 9.65. The fraction of sp³-hybridized carbons (Fsp3) is 0.500. The van der Waals surface area contributed by atoms with Crippen LogP contribution in [0.5, 0.6) is 11.5 Å². The molecular weight excluding hydrogens is 382 g/mol. The van der Waals surface area contributed by atoms with Gasteiger partial charge in [0.15, 0.2) is 11.5 Å². The van der Waals surface area contributed by atoms with E-state index in [1.807, 2.05) is 50.7 Å². The molecule has 1 saturated heterocycles. The van der Waals surface area contributed by atoms with Gasteiger partial charge in [0.2, 0.25) is 5.95 Å². The minimum atomic E-state index is -0.00204. The van der Waals surface area contributed by atoms with Gasteiger partial charge in [0, 0.05) is 57.6 Å². The number of hydrogen-bond acceptors (Lipinski definition) is 7. The summed E-state index contributed by atoms with van der Waals surface area (Å²) in [4.78, 5) is 28.2. The number of piperazine rings is 1. The summed E-state index contributed by atoms with van der Waals surface area (Å²) < 4.78 is 11.3. The molecule has 1 aliphatic rings. The predicted molar refractivity (Wildman–Crippen MR) is 118 cm³/mol. The van der Waals surface area contributed by atoms with Crippen LogP contribution in [-0.4, -0.2) is 74.3 Å². The lowest BCUT2D eigenvalue weighted by molar-refractivity contribution is 0.0745. The number of aromatic nitrogens is 2. The first kappa shape index (κ1) is 21.7. The molecule has 8 heteroatoms. The molecule has 1 aromatic heterocycles. The van der Waals surface area contributed by atoms with Gasteiger partial charge in [0.1, 0.15) is 5.82 Å². The summed E-state index contributed by atoms with van der Waals surface area (Å²) in [5, 5.41) is 0. The Bertz CT molecular complexity index is 879. The van der Waals surface area contributed by atoms with Crippen LogP contribution in [0, 0.1) is 6.92 Å². The molecular formula is C22H31N5O3. The van der Waals surface area contributed by atoms with Crippen LogP contribution < -0.4 is 19.3 Å². The first-order chi connectivity index (χ1) is 14.4. The van der Waals surface area contributed by atoms with Gasteiger partial charge in [-0.15, -0.1) is 0 Å². The Morgan fingerprint density at radius 1 is 1.00 bits per heavy atom. The summed E-state index contributed by atoms with van der Waals surface area (Å²) in [5.74, 6) is 2.86. The molecule has 0 radical (unpaired) electrons. The summed E-state index contributed by atoms with van der Waals surface area (Å²) in [6, 6.07) is 7.35. The van der Waals surface area contributed by atoms with E-state index in [2.05, 4.69) is 14.9 Å². The molecule has 0 spiro atoms. The first-order valence-corrected chi connectivity index (χ1v) is 10.4. The van der Waals surface area contributed by atoms with Gasteiger partial charge >= 0.3 is 0 Å². The number of carbonyl (C=O) groups excluding carboxylic acids is 1. The summed E-state index contributed by atoms with van der Waals surface area (Å²) in [6.45, 7) is 9.49. The normalized spacial score (nSPS) is 13.9. The molecule has 0 bridgehead atoms. The SMILES string of the molecule is CCOc1ccc(C(=O)N2CCN(c3nc(C)cc(N(C)C)n3)CC2)cc1OCC. The second-order valence-electron chi connectivity index (χ2n) is 7.37. The fourth-order valence-corrected chi connectivity index (χ4v) is 3.38. The van der Waals surface area contributed by atoms with Crippen molar-refractivity contribution in [3.05, 3.63) is 35.5 Å². The number of ether oxygens (including phenoxy) is 2. The standard InChI is InChI=1S/C22H31N5O3/c1-6-29-18-9-8-17(15-19(18)30-7-2)21(28)26-10-12-27(13-11-26)22-23-16(3)14-20(24-22)25(4)5/h8-9,14-15H,6-7,10-13H2,1-5H3. The van der Waals surface area contributed by atoms with Crippen molar-refractivity contribution in [1.29, 1.82) is 0 Å². The highest BCUT2D eigenvalue weighted by Crippen LogP contribution is 2.29. The van der Waals surface area contributed by atoms with Crippen molar-refractivity contribution >= 4 is 17.7 Å². The van der Waals surface area contributed by atoms with E-state index in [0.717, 1.165) is 11.5 Å². The van der Waals surface area contributed by atoms with Crippen LogP contribution in [0.4, 0.5) is 11.8 Å². The minimum absolute atomic E-state index is 0.00204. The lowest BCUT2D eigenvalue weighted by Crippen LogP contribution is -2.49. The van der Waals surface area contributed by atoms with Crippen molar-refractivity contribution in [2.24, 2.45) is 0 Å². The van der Waals surface area contributed by atoms with Crippen molar-refractivity contribution in [1.82, 2.24) is 14.9 Å². The molecule has 2 aromatic rings. The average molecular weight is 414 g/mol. The van der Waals surface area contributed by atoms with E-state index in [-0.39, 0.29) is 5.91 Å². The van der Waals surface area contributed by atoms with Crippen molar-refractivity contribution < 1.29 is 14.3 Å². The third-order valence-electron chi connectivity index (χ3n) is 4.93. The van der Waals surface area contributed by atoms with Gasteiger partial charge in [-0.25, -0.2) is 4.98 Å². The molecule has 0 saturated carbocycles. The maximum atomic E-state index is 13.0. The van der Waals surface area contributed by atoms with Crippen LogP contribution >= 0.6 is 0 Å². The molecule has 1 amide bonds. The average Bonchev–Trinajstić information content (AvgIpc) is 2.74.